The molecule has 0 radical (unpaired) electrons. The molecule has 1 aliphatic heterocycles. The van der Waals surface area contributed by atoms with Crippen LogP contribution in [-0.4, -0.2) is 35.7 Å². The topological polar surface area (TPSA) is 103 Å². The molecule has 1 aromatic heterocycles. The Morgan fingerprint density at radius 3 is 2.95 bits per heavy atom. The molecule has 1 amide bonds. The van der Waals surface area contributed by atoms with Gasteiger partial charge in [-0.05, 0) is 31.9 Å². The average molecular weight is 276 g/mol. The van der Waals surface area contributed by atoms with E-state index in [1.807, 2.05) is 19.9 Å². The molecule has 0 aromatic carbocycles. The third-order valence-corrected chi connectivity index (χ3v) is 4.34. The molecule has 2 aliphatic rings. The van der Waals surface area contributed by atoms with Gasteiger partial charge in [-0.15, -0.1) is 0 Å². The van der Waals surface area contributed by atoms with Crippen molar-refractivity contribution in [2.75, 3.05) is 11.9 Å². The van der Waals surface area contributed by atoms with Gasteiger partial charge in [0.1, 0.15) is 5.82 Å². The maximum Gasteiger partial charge on any atom is 0.252 e. The molecule has 4 unspecified atom stereocenters. The van der Waals surface area contributed by atoms with Gasteiger partial charge >= 0.3 is 0 Å². The van der Waals surface area contributed by atoms with E-state index in [0.717, 1.165) is 24.3 Å². The zero-order valence-electron chi connectivity index (χ0n) is 11.7. The number of nitrogens with two attached hydrogens (primary N) is 2. The summed E-state index contributed by atoms with van der Waals surface area (Å²) >= 11 is 0. The van der Waals surface area contributed by atoms with Gasteiger partial charge in [0.25, 0.3) is 5.91 Å². The summed E-state index contributed by atoms with van der Waals surface area (Å²) in [5, 5.41) is 3.27. The zero-order chi connectivity index (χ0) is 14.4. The SMILES string of the molecule is Cc1cc(C)c(C(N)=O)c(NC2C(N)C3CCOC32)n1. The number of ether oxygens (including phenoxy) is 1. The number of amides is 1. The van der Waals surface area contributed by atoms with E-state index >= 15 is 0 Å². The molecule has 108 valence electrons. The maximum absolute atomic E-state index is 11.6. The smallest absolute Gasteiger partial charge is 0.252 e. The molecule has 1 saturated heterocycles. The second-order valence-corrected chi connectivity index (χ2v) is 5.70. The molecule has 6 heteroatoms. The van der Waals surface area contributed by atoms with Crippen LogP contribution in [0.4, 0.5) is 5.82 Å². The van der Waals surface area contributed by atoms with Crippen molar-refractivity contribution >= 4 is 11.7 Å². The van der Waals surface area contributed by atoms with E-state index in [9.17, 15) is 4.79 Å². The van der Waals surface area contributed by atoms with E-state index in [-0.39, 0.29) is 18.2 Å². The van der Waals surface area contributed by atoms with Crippen LogP contribution in [0.5, 0.6) is 0 Å². The fraction of sp³-hybridized carbons (Fsp3) is 0.571. The van der Waals surface area contributed by atoms with Crippen LogP contribution in [-0.2, 0) is 4.74 Å². The summed E-state index contributed by atoms with van der Waals surface area (Å²) in [6.07, 6.45) is 1.13. The predicted molar refractivity (Wildman–Crippen MR) is 75.5 cm³/mol. The number of hydrogen-bond acceptors (Lipinski definition) is 5. The van der Waals surface area contributed by atoms with Gasteiger partial charge in [0, 0.05) is 24.3 Å². The van der Waals surface area contributed by atoms with Crippen molar-refractivity contribution in [3.8, 4) is 0 Å². The quantitative estimate of drug-likeness (QED) is 0.738. The summed E-state index contributed by atoms with van der Waals surface area (Å²) < 4.78 is 5.68. The number of fused-ring (bicyclic) bond motifs is 1. The highest BCUT2D eigenvalue weighted by atomic mass is 16.5. The van der Waals surface area contributed by atoms with Gasteiger partial charge in [-0.3, -0.25) is 4.79 Å². The van der Waals surface area contributed by atoms with Crippen LogP contribution in [0.3, 0.4) is 0 Å². The van der Waals surface area contributed by atoms with Crippen molar-refractivity contribution in [3.63, 3.8) is 0 Å². The highest BCUT2D eigenvalue weighted by molar-refractivity contribution is 5.99. The van der Waals surface area contributed by atoms with Crippen molar-refractivity contribution < 1.29 is 9.53 Å². The molecule has 0 bridgehead atoms. The first kappa shape index (κ1) is 13.3. The number of rotatable bonds is 3. The van der Waals surface area contributed by atoms with E-state index in [1.54, 1.807) is 0 Å². The van der Waals surface area contributed by atoms with E-state index < -0.39 is 5.91 Å². The lowest BCUT2D eigenvalue weighted by Crippen LogP contribution is -2.65. The van der Waals surface area contributed by atoms with Crippen molar-refractivity contribution in [1.82, 2.24) is 4.98 Å². The molecule has 6 nitrogen and oxygen atoms in total. The van der Waals surface area contributed by atoms with E-state index in [2.05, 4.69) is 10.3 Å². The zero-order valence-corrected chi connectivity index (χ0v) is 11.7. The number of aromatic nitrogens is 1. The molecular weight excluding hydrogens is 256 g/mol. The maximum atomic E-state index is 11.6. The number of carbonyl (C=O) groups excluding carboxylic acids is 1. The number of nitrogens with zero attached hydrogens (tertiary/aromatic N) is 1. The molecule has 0 spiro atoms. The van der Waals surface area contributed by atoms with Crippen LogP contribution < -0.4 is 16.8 Å². The summed E-state index contributed by atoms with van der Waals surface area (Å²) in [7, 11) is 0. The summed E-state index contributed by atoms with van der Waals surface area (Å²) in [6, 6.07) is 1.88. The van der Waals surface area contributed by atoms with Crippen LogP contribution >= 0.6 is 0 Å². The Hall–Kier alpha value is -1.66. The largest absolute Gasteiger partial charge is 0.376 e. The number of hydrogen-bond donors (Lipinski definition) is 3. The lowest BCUT2D eigenvalue weighted by atomic mass is 9.72. The van der Waals surface area contributed by atoms with Crippen LogP contribution in [0.25, 0.3) is 0 Å². The van der Waals surface area contributed by atoms with Crippen molar-refractivity contribution in [1.29, 1.82) is 0 Å². The van der Waals surface area contributed by atoms with Gasteiger partial charge in [0.2, 0.25) is 0 Å². The molecule has 3 rings (SSSR count). The summed E-state index contributed by atoms with van der Waals surface area (Å²) in [6.45, 7) is 4.50. The molecule has 2 heterocycles. The van der Waals surface area contributed by atoms with Crippen LogP contribution in [0, 0.1) is 19.8 Å². The number of aryl methyl sites for hydroxylation is 2. The number of pyridine rings is 1. The van der Waals surface area contributed by atoms with Crippen molar-refractivity contribution in [2.24, 2.45) is 17.4 Å². The summed E-state index contributed by atoms with van der Waals surface area (Å²) in [5.74, 6) is 0.453. The summed E-state index contributed by atoms with van der Waals surface area (Å²) in [4.78, 5) is 16.0. The molecule has 20 heavy (non-hydrogen) atoms. The predicted octanol–water partition coefficient (Wildman–Crippen LogP) is 0.324. The normalized spacial score (nSPS) is 31.6. The van der Waals surface area contributed by atoms with E-state index in [4.69, 9.17) is 16.2 Å². The Morgan fingerprint density at radius 1 is 1.50 bits per heavy atom. The van der Waals surface area contributed by atoms with E-state index in [0.29, 0.717) is 17.3 Å². The van der Waals surface area contributed by atoms with Crippen molar-refractivity contribution in [3.05, 3.63) is 22.9 Å². The van der Waals surface area contributed by atoms with Gasteiger partial charge in [-0.1, -0.05) is 0 Å². The fourth-order valence-corrected chi connectivity index (χ4v) is 3.34. The second kappa shape index (κ2) is 4.71. The fourth-order valence-electron chi connectivity index (χ4n) is 3.34. The van der Waals surface area contributed by atoms with E-state index in [1.165, 1.54) is 0 Å². The van der Waals surface area contributed by atoms with Gasteiger partial charge in [-0.25, -0.2) is 4.98 Å². The van der Waals surface area contributed by atoms with Crippen LogP contribution in [0.15, 0.2) is 6.07 Å². The Bertz CT molecular complexity index is 560. The minimum atomic E-state index is -0.478. The van der Waals surface area contributed by atoms with Gasteiger partial charge in [0.05, 0.1) is 17.7 Å². The lowest BCUT2D eigenvalue weighted by Gasteiger charge is -2.46. The molecule has 1 aliphatic carbocycles. The first-order valence-corrected chi connectivity index (χ1v) is 6.91. The number of anilines is 1. The Balaban J connectivity index is 1.89. The third kappa shape index (κ3) is 1.96. The number of nitrogens with one attached hydrogen (secondary N) is 1. The highest BCUT2D eigenvalue weighted by Crippen LogP contribution is 2.39. The molecule has 1 aromatic rings. The average Bonchev–Trinajstić information content (AvgIpc) is 2.79. The van der Waals surface area contributed by atoms with Crippen molar-refractivity contribution in [2.45, 2.75) is 38.5 Å². The lowest BCUT2D eigenvalue weighted by molar-refractivity contribution is 0.00520. The molecule has 1 saturated carbocycles. The number of carbonyl (C=O) groups is 1. The molecule has 2 fully saturated rings. The Morgan fingerprint density at radius 2 is 2.25 bits per heavy atom. The minimum Gasteiger partial charge on any atom is -0.376 e. The Labute approximate surface area is 117 Å². The van der Waals surface area contributed by atoms with Crippen LogP contribution in [0.1, 0.15) is 28.0 Å². The third-order valence-electron chi connectivity index (χ3n) is 4.34. The monoisotopic (exact) mass is 276 g/mol. The first-order valence-electron chi connectivity index (χ1n) is 6.91. The van der Waals surface area contributed by atoms with Gasteiger partial charge in [-0.2, -0.15) is 0 Å². The summed E-state index contributed by atoms with van der Waals surface area (Å²) in [5.41, 5.74) is 13.7. The minimum absolute atomic E-state index is 0.00528. The standard InChI is InChI=1S/C14H20N4O2/c1-6-5-7(2)17-14(9(6)13(16)19)18-11-10(15)8-3-4-20-12(8)11/h5,8,10-12H,3-4,15H2,1-2H3,(H2,16,19)(H,17,18). The molecule has 5 N–H and O–H groups in total. The van der Waals surface area contributed by atoms with Gasteiger partial charge in [0.15, 0.2) is 0 Å². The molecule has 4 atom stereocenters. The molecular formula is C14H20N4O2. The highest BCUT2D eigenvalue weighted by Gasteiger charge is 2.52. The second-order valence-electron chi connectivity index (χ2n) is 5.70. The van der Waals surface area contributed by atoms with Gasteiger partial charge < -0.3 is 21.5 Å². The van der Waals surface area contributed by atoms with Crippen LogP contribution in [0.2, 0.25) is 0 Å². The number of primary amides is 1. The first-order chi connectivity index (χ1) is 9.49. The Kier molecular flexibility index (Phi) is 3.14.